The average molecular weight is 357 g/mol. The number of aromatic nitrogens is 2. The predicted molar refractivity (Wildman–Crippen MR) is 101 cm³/mol. The molecule has 2 aromatic carbocycles. The van der Waals surface area contributed by atoms with E-state index < -0.39 is 10.0 Å². The van der Waals surface area contributed by atoms with Crippen molar-refractivity contribution in [1.82, 2.24) is 14.3 Å². The number of fused-ring (bicyclic) bond motifs is 1. The van der Waals surface area contributed by atoms with Crippen LogP contribution in [0.25, 0.3) is 11.0 Å². The van der Waals surface area contributed by atoms with Gasteiger partial charge in [0.05, 0.1) is 23.1 Å². The van der Waals surface area contributed by atoms with E-state index in [1.165, 1.54) is 5.56 Å². The molecule has 3 aromatic rings. The van der Waals surface area contributed by atoms with Crippen LogP contribution in [0.4, 0.5) is 0 Å². The molecule has 0 aliphatic carbocycles. The lowest BCUT2D eigenvalue weighted by atomic mass is 10.1. The second-order valence-electron chi connectivity index (χ2n) is 6.29. The Balaban J connectivity index is 1.53. The van der Waals surface area contributed by atoms with Gasteiger partial charge in [-0.3, -0.25) is 0 Å². The van der Waals surface area contributed by atoms with Crippen molar-refractivity contribution in [3.63, 3.8) is 0 Å². The molecule has 0 bridgehead atoms. The average Bonchev–Trinajstić information content (AvgIpc) is 3.02. The highest BCUT2D eigenvalue weighted by Crippen LogP contribution is 2.12. The van der Waals surface area contributed by atoms with Crippen molar-refractivity contribution in [3.8, 4) is 0 Å². The molecule has 0 aliphatic rings. The van der Waals surface area contributed by atoms with Crippen molar-refractivity contribution in [2.45, 2.75) is 32.4 Å². The van der Waals surface area contributed by atoms with E-state index in [9.17, 15) is 8.42 Å². The molecule has 0 fully saturated rings. The zero-order valence-corrected chi connectivity index (χ0v) is 15.1. The largest absolute Gasteiger partial charge is 0.330 e. The van der Waals surface area contributed by atoms with Crippen LogP contribution in [-0.4, -0.2) is 29.8 Å². The first-order chi connectivity index (χ1) is 12.0. The number of aryl methyl sites for hydroxylation is 2. The number of para-hydroxylation sites is 2. The maximum atomic E-state index is 12.3. The third-order valence-electron chi connectivity index (χ3n) is 4.22. The van der Waals surface area contributed by atoms with Gasteiger partial charge >= 0.3 is 0 Å². The molecule has 6 heteroatoms. The van der Waals surface area contributed by atoms with Crippen molar-refractivity contribution in [1.29, 1.82) is 0 Å². The Labute approximate surface area is 148 Å². The van der Waals surface area contributed by atoms with E-state index in [1.54, 1.807) is 6.33 Å². The minimum atomic E-state index is -3.33. The lowest BCUT2D eigenvalue weighted by Gasteiger charge is -2.14. The van der Waals surface area contributed by atoms with Crippen LogP contribution in [0.5, 0.6) is 0 Å². The summed E-state index contributed by atoms with van der Waals surface area (Å²) < 4.78 is 29.3. The van der Waals surface area contributed by atoms with Crippen molar-refractivity contribution in [2.24, 2.45) is 0 Å². The summed E-state index contributed by atoms with van der Waals surface area (Å²) in [6.07, 6.45) is 3.33. The molecule has 25 heavy (non-hydrogen) atoms. The summed E-state index contributed by atoms with van der Waals surface area (Å²) in [4.78, 5) is 4.29. The maximum absolute atomic E-state index is 12.3. The molecule has 1 atom stereocenters. The molecule has 0 radical (unpaired) electrons. The highest BCUT2D eigenvalue weighted by molar-refractivity contribution is 7.89. The first kappa shape index (κ1) is 17.6. The van der Waals surface area contributed by atoms with Gasteiger partial charge in [0.25, 0.3) is 0 Å². The smallest absolute Gasteiger partial charge is 0.213 e. The highest BCUT2D eigenvalue weighted by atomic mass is 32.2. The van der Waals surface area contributed by atoms with Crippen LogP contribution in [-0.2, 0) is 23.0 Å². The number of nitrogens with one attached hydrogen (secondary N) is 1. The van der Waals surface area contributed by atoms with Crippen LogP contribution in [0.3, 0.4) is 0 Å². The highest BCUT2D eigenvalue weighted by Gasteiger charge is 2.15. The Morgan fingerprint density at radius 3 is 2.60 bits per heavy atom. The molecule has 1 N–H and O–H groups in total. The van der Waals surface area contributed by atoms with E-state index in [0.717, 1.165) is 23.9 Å². The fourth-order valence-corrected chi connectivity index (χ4v) is 4.15. The fraction of sp³-hybridized carbons (Fsp3) is 0.316. The van der Waals surface area contributed by atoms with Gasteiger partial charge in [0, 0.05) is 12.6 Å². The monoisotopic (exact) mass is 357 g/mol. The van der Waals surface area contributed by atoms with Crippen LogP contribution >= 0.6 is 0 Å². The molecule has 3 rings (SSSR count). The zero-order chi connectivity index (χ0) is 17.7. The topological polar surface area (TPSA) is 64.0 Å². The second kappa shape index (κ2) is 7.80. The zero-order valence-electron chi connectivity index (χ0n) is 14.3. The summed E-state index contributed by atoms with van der Waals surface area (Å²) in [6.45, 7) is 2.30. The molecular formula is C19H23N3O2S. The van der Waals surface area contributed by atoms with Gasteiger partial charge in [-0.05, 0) is 37.5 Å². The number of imidazole rings is 1. The number of nitrogens with zero attached hydrogens (tertiary/aromatic N) is 2. The molecule has 0 spiro atoms. The van der Waals surface area contributed by atoms with E-state index >= 15 is 0 Å². The van der Waals surface area contributed by atoms with Gasteiger partial charge in [-0.25, -0.2) is 18.1 Å². The standard InChI is InChI=1S/C19H23N3O2S/c1-16(11-12-17-7-3-2-4-8-17)21-25(23,24)14-13-22-15-20-18-9-5-6-10-19(18)22/h2-10,15-16,21H,11-14H2,1H3. The van der Waals surface area contributed by atoms with Crippen molar-refractivity contribution in [3.05, 3.63) is 66.5 Å². The van der Waals surface area contributed by atoms with Crippen molar-refractivity contribution < 1.29 is 8.42 Å². The molecule has 0 aliphatic heterocycles. The van der Waals surface area contributed by atoms with Gasteiger partial charge in [0.2, 0.25) is 10.0 Å². The molecule has 0 saturated heterocycles. The molecular weight excluding hydrogens is 334 g/mol. The Kier molecular flexibility index (Phi) is 5.50. The quantitative estimate of drug-likeness (QED) is 0.674. The number of rotatable bonds is 8. The Morgan fingerprint density at radius 2 is 1.80 bits per heavy atom. The molecule has 1 heterocycles. The Bertz CT molecular complexity index is 920. The first-order valence-electron chi connectivity index (χ1n) is 8.47. The summed E-state index contributed by atoms with van der Waals surface area (Å²) in [5.41, 5.74) is 3.05. The summed E-state index contributed by atoms with van der Waals surface area (Å²) in [6, 6.07) is 17.7. The lowest BCUT2D eigenvalue weighted by molar-refractivity contribution is 0.542. The number of sulfonamides is 1. The molecule has 5 nitrogen and oxygen atoms in total. The number of hydrogen-bond acceptors (Lipinski definition) is 3. The summed E-state index contributed by atoms with van der Waals surface area (Å²) in [5.74, 6) is 0.0447. The van der Waals surface area contributed by atoms with E-state index in [2.05, 4.69) is 21.8 Å². The van der Waals surface area contributed by atoms with Gasteiger partial charge in [0.15, 0.2) is 0 Å². The molecule has 0 saturated carbocycles. The summed E-state index contributed by atoms with van der Waals surface area (Å²) >= 11 is 0. The molecule has 0 amide bonds. The van der Waals surface area contributed by atoms with Gasteiger partial charge in [-0.1, -0.05) is 42.5 Å². The van der Waals surface area contributed by atoms with Gasteiger partial charge in [-0.2, -0.15) is 0 Å². The van der Waals surface area contributed by atoms with Crippen LogP contribution < -0.4 is 4.72 Å². The van der Waals surface area contributed by atoms with E-state index in [0.29, 0.717) is 6.54 Å². The van der Waals surface area contributed by atoms with Crippen molar-refractivity contribution >= 4 is 21.1 Å². The molecule has 1 unspecified atom stereocenters. The summed E-state index contributed by atoms with van der Waals surface area (Å²) in [5, 5.41) is 0. The van der Waals surface area contributed by atoms with E-state index in [-0.39, 0.29) is 11.8 Å². The predicted octanol–water partition coefficient (Wildman–Crippen LogP) is 2.98. The SMILES string of the molecule is CC(CCc1ccccc1)NS(=O)(=O)CCn1cnc2ccccc21. The second-order valence-corrected chi connectivity index (χ2v) is 8.16. The Morgan fingerprint density at radius 1 is 1.08 bits per heavy atom. The van der Waals surface area contributed by atoms with Gasteiger partial charge in [-0.15, -0.1) is 0 Å². The lowest BCUT2D eigenvalue weighted by Crippen LogP contribution is -2.35. The minimum Gasteiger partial charge on any atom is -0.330 e. The minimum absolute atomic E-state index is 0.0447. The first-order valence-corrected chi connectivity index (χ1v) is 10.1. The van der Waals surface area contributed by atoms with Crippen LogP contribution in [0, 0.1) is 0 Å². The fourth-order valence-electron chi connectivity index (χ4n) is 2.86. The van der Waals surface area contributed by atoms with Crippen LogP contribution in [0.2, 0.25) is 0 Å². The van der Waals surface area contributed by atoms with Crippen LogP contribution in [0.15, 0.2) is 60.9 Å². The van der Waals surface area contributed by atoms with Crippen LogP contribution in [0.1, 0.15) is 18.9 Å². The van der Waals surface area contributed by atoms with E-state index in [4.69, 9.17) is 0 Å². The molecule has 1 aromatic heterocycles. The molecule has 132 valence electrons. The third kappa shape index (κ3) is 4.90. The van der Waals surface area contributed by atoms with Gasteiger partial charge < -0.3 is 4.57 Å². The maximum Gasteiger partial charge on any atom is 0.213 e. The Hall–Kier alpha value is -2.18. The van der Waals surface area contributed by atoms with Gasteiger partial charge in [0.1, 0.15) is 0 Å². The third-order valence-corrected chi connectivity index (χ3v) is 5.70. The number of hydrogen-bond donors (Lipinski definition) is 1. The van der Waals surface area contributed by atoms with E-state index in [1.807, 2.05) is 54.0 Å². The summed E-state index contributed by atoms with van der Waals surface area (Å²) in [7, 11) is -3.33. The van der Waals surface area contributed by atoms with Crippen molar-refractivity contribution in [2.75, 3.05) is 5.75 Å². The normalized spacial score (nSPS) is 13.2. The number of benzene rings is 2.